The highest BCUT2D eigenvalue weighted by molar-refractivity contribution is 5.96. The molecule has 1 aromatic carbocycles. The Morgan fingerprint density at radius 2 is 1.82 bits per heavy atom. The number of anilines is 1. The molecule has 1 saturated heterocycles. The third kappa shape index (κ3) is 4.04. The second-order valence-electron chi connectivity index (χ2n) is 10.1. The fraction of sp³-hybridized carbons (Fsp3) is 0.407. The van der Waals surface area contributed by atoms with E-state index in [9.17, 15) is 22.4 Å². The van der Waals surface area contributed by atoms with Crippen molar-refractivity contribution in [2.24, 2.45) is 0 Å². The summed E-state index contributed by atoms with van der Waals surface area (Å²) in [5.74, 6) is -3.92. The monoisotopic (exact) mass is 527 g/mol. The fourth-order valence-electron chi connectivity index (χ4n) is 5.80. The van der Waals surface area contributed by atoms with Crippen molar-refractivity contribution in [3.63, 3.8) is 0 Å². The van der Waals surface area contributed by atoms with Gasteiger partial charge in [-0.2, -0.15) is 0 Å². The summed E-state index contributed by atoms with van der Waals surface area (Å²) in [5, 5.41) is 4.01. The SMILES string of the molecule is Cc1noc(C)c1-c1cnc2c(c1)nc([C@@H]1CCC(=O)N1c1ccc(F)c(F)c1)n2C1CCC(F)(F)CC1. The van der Waals surface area contributed by atoms with Crippen molar-refractivity contribution in [1.29, 1.82) is 0 Å². The average molecular weight is 528 g/mol. The number of aromatic nitrogens is 4. The number of pyridine rings is 1. The molecule has 4 aromatic rings. The molecular weight excluding hydrogens is 502 g/mol. The minimum atomic E-state index is -2.72. The highest BCUT2D eigenvalue weighted by Gasteiger charge is 2.41. The van der Waals surface area contributed by atoms with Gasteiger partial charge in [-0.3, -0.25) is 4.79 Å². The number of carbonyl (C=O) groups is 1. The number of nitrogens with zero attached hydrogens (tertiary/aromatic N) is 5. The molecule has 4 heterocycles. The number of fused-ring (bicyclic) bond motifs is 1. The first-order chi connectivity index (χ1) is 18.1. The number of amides is 1. The van der Waals surface area contributed by atoms with E-state index in [1.807, 2.05) is 17.6 Å². The van der Waals surface area contributed by atoms with E-state index in [0.717, 1.165) is 23.3 Å². The molecule has 0 bridgehead atoms. The van der Waals surface area contributed by atoms with Crippen molar-refractivity contribution < 1.29 is 26.9 Å². The molecule has 0 unspecified atom stereocenters. The van der Waals surface area contributed by atoms with E-state index in [0.29, 0.717) is 34.9 Å². The molecule has 1 aliphatic carbocycles. The van der Waals surface area contributed by atoms with Gasteiger partial charge in [0.25, 0.3) is 0 Å². The average Bonchev–Trinajstić information content (AvgIpc) is 3.55. The Bertz CT molecular complexity index is 1530. The highest BCUT2D eigenvalue weighted by atomic mass is 19.3. The van der Waals surface area contributed by atoms with E-state index in [4.69, 9.17) is 14.5 Å². The van der Waals surface area contributed by atoms with Crippen molar-refractivity contribution in [1.82, 2.24) is 19.7 Å². The number of alkyl halides is 2. The minimum absolute atomic E-state index is 0.188. The van der Waals surface area contributed by atoms with Crippen molar-refractivity contribution in [2.45, 2.75) is 70.4 Å². The third-order valence-corrected chi connectivity index (χ3v) is 7.62. The number of benzene rings is 1. The maximum absolute atomic E-state index is 14.1. The summed E-state index contributed by atoms with van der Waals surface area (Å²) in [5.41, 5.74) is 3.53. The van der Waals surface area contributed by atoms with E-state index in [2.05, 4.69) is 5.16 Å². The smallest absolute Gasteiger partial charge is 0.248 e. The summed E-state index contributed by atoms with van der Waals surface area (Å²) in [6, 6.07) is 4.30. The number of hydrogen-bond acceptors (Lipinski definition) is 5. The van der Waals surface area contributed by atoms with Gasteiger partial charge in [0.15, 0.2) is 17.3 Å². The fourth-order valence-corrected chi connectivity index (χ4v) is 5.80. The van der Waals surface area contributed by atoms with Crippen LogP contribution in [0.3, 0.4) is 0 Å². The molecule has 1 atom stereocenters. The summed E-state index contributed by atoms with van der Waals surface area (Å²) in [6.07, 6.45) is 2.19. The molecular formula is C27H25F4N5O2. The van der Waals surface area contributed by atoms with Gasteiger partial charge in [0.1, 0.15) is 17.1 Å². The van der Waals surface area contributed by atoms with E-state index >= 15 is 0 Å². The Labute approximate surface area is 215 Å². The van der Waals surface area contributed by atoms with Crippen LogP contribution in [0.5, 0.6) is 0 Å². The zero-order valence-corrected chi connectivity index (χ0v) is 20.8. The van der Waals surface area contributed by atoms with Crippen LogP contribution in [0.4, 0.5) is 23.2 Å². The Morgan fingerprint density at radius 1 is 1.05 bits per heavy atom. The van der Waals surface area contributed by atoms with Crippen LogP contribution in [0.1, 0.15) is 67.9 Å². The Morgan fingerprint density at radius 3 is 2.50 bits per heavy atom. The van der Waals surface area contributed by atoms with Gasteiger partial charge in [0, 0.05) is 54.4 Å². The molecule has 3 aromatic heterocycles. The largest absolute Gasteiger partial charge is 0.361 e. The van der Waals surface area contributed by atoms with Crippen molar-refractivity contribution in [3.05, 3.63) is 59.4 Å². The van der Waals surface area contributed by atoms with Crippen LogP contribution < -0.4 is 4.90 Å². The Hall–Kier alpha value is -3.76. The second-order valence-corrected chi connectivity index (χ2v) is 10.1. The molecule has 0 N–H and O–H groups in total. The molecule has 1 amide bonds. The van der Waals surface area contributed by atoms with Crippen LogP contribution >= 0.6 is 0 Å². The lowest BCUT2D eigenvalue weighted by atomic mass is 9.91. The molecule has 0 radical (unpaired) electrons. The van der Waals surface area contributed by atoms with Crippen LogP contribution in [-0.2, 0) is 4.79 Å². The van der Waals surface area contributed by atoms with Gasteiger partial charge >= 0.3 is 0 Å². The summed E-state index contributed by atoms with van der Waals surface area (Å²) < 4.78 is 63.0. The molecule has 2 fully saturated rings. The first-order valence-electron chi connectivity index (χ1n) is 12.6. The van der Waals surface area contributed by atoms with Crippen molar-refractivity contribution >= 4 is 22.8 Å². The minimum Gasteiger partial charge on any atom is -0.361 e. The third-order valence-electron chi connectivity index (χ3n) is 7.62. The number of imidazole rings is 1. The zero-order chi connectivity index (χ0) is 26.8. The number of hydrogen-bond donors (Lipinski definition) is 0. The number of halogens is 4. The molecule has 38 heavy (non-hydrogen) atoms. The van der Waals surface area contributed by atoms with Crippen molar-refractivity contribution in [2.75, 3.05) is 4.90 Å². The van der Waals surface area contributed by atoms with E-state index in [1.54, 1.807) is 13.1 Å². The lowest BCUT2D eigenvalue weighted by molar-refractivity contribution is -0.117. The van der Waals surface area contributed by atoms with Gasteiger partial charge in [0.05, 0.1) is 11.7 Å². The van der Waals surface area contributed by atoms with E-state index < -0.39 is 23.6 Å². The highest BCUT2D eigenvalue weighted by Crippen LogP contribution is 2.44. The summed E-state index contributed by atoms with van der Waals surface area (Å²) >= 11 is 0. The van der Waals surface area contributed by atoms with Crippen molar-refractivity contribution in [3.8, 4) is 11.1 Å². The molecule has 1 saturated carbocycles. The first kappa shape index (κ1) is 24.6. The topological polar surface area (TPSA) is 77.0 Å². The van der Waals surface area contributed by atoms with Crippen LogP contribution in [-0.4, -0.2) is 31.5 Å². The standard InChI is InChI=1S/C27H25F4N5O2/c1-14-24(15(2)38-34-14)16-11-21-25(32-13-16)36(17-7-9-27(30,31)10-8-17)26(33-21)22-5-6-23(37)35(22)18-3-4-19(28)20(29)12-18/h3-4,11-13,17,22H,5-10H2,1-2H3/t22-/m0/s1. The van der Waals surface area contributed by atoms with Crippen LogP contribution in [0.2, 0.25) is 0 Å². The molecule has 2 aliphatic rings. The summed E-state index contributed by atoms with van der Waals surface area (Å²) in [7, 11) is 0. The van der Waals surface area contributed by atoms with E-state index in [-0.39, 0.29) is 49.7 Å². The van der Waals surface area contributed by atoms with Gasteiger partial charge in [-0.15, -0.1) is 0 Å². The van der Waals surface area contributed by atoms with Crippen LogP contribution in [0.15, 0.2) is 35.0 Å². The molecule has 198 valence electrons. The summed E-state index contributed by atoms with van der Waals surface area (Å²) in [6.45, 7) is 3.63. The number of carbonyl (C=O) groups excluding carboxylic acids is 1. The van der Waals surface area contributed by atoms with Gasteiger partial charge in [-0.05, 0) is 51.3 Å². The second kappa shape index (κ2) is 8.92. The van der Waals surface area contributed by atoms with Gasteiger partial charge < -0.3 is 14.0 Å². The van der Waals surface area contributed by atoms with Gasteiger partial charge in [-0.25, -0.2) is 27.5 Å². The first-order valence-corrected chi connectivity index (χ1v) is 12.6. The molecule has 7 nitrogen and oxygen atoms in total. The molecule has 0 spiro atoms. The lowest BCUT2D eigenvalue weighted by Crippen LogP contribution is -2.32. The lowest BCUT2D eigenvalue weighted by Gasteiger charge is -2.32. The van der Waals surface area contributed by atoms with Gasteiger partial charge in [0.2, 0.25) is 11.8 Å². The predicted octanol–water partition coefficient (Wildman–Crippen LogP) is 6.60. The normalized spacial score (nSPS) is 20.1. The number of aryl methyl sites for hydroxylation is 2. The summed E-state index contributed by atoms with van der Waals surface area (Å²) in [4.78, 5) is 24.0. The van der Waals surface area contributed by atoms with Gasteiger partial charge in [-0.1, -0.05) is 5.16 Å². The van der Waals surface area contributed by atoms with Crippen LogP contribution in [0.25, 0.3) is 22.3 Å². The predicted molar refractivity (Wildman–Crippen MR) is 131 cm³/mol. The maximum atomic E-state index is 14.1. The zero-order valence-electron chi connectivity index (χ0n) is 20.8. The Kier molecular flexibility index (Phi) is 5.77. The quantitative estimate of drug-likeness (QED) is 0.280. The molecule has 6 rings (SSSR count). The number of rotatable bonds is 4. The Balaban J connectivity index is 1.50. The maximum Gasteiger partial charge on any atom is 0.248 e. The van der Waals surface area contributed by atoms with Crippen LogP contribution in [0, 0.1) is 25.5 Å². The molecule has 1 aliphatic heterocycles. The molecule has 11 heteroatoms. The van der Waals surface area contributed by atoms with E-state index in [1.165, 1.54) is 11.0 Å².